The number of carbonyl (C=O) groups is 1. The van der Waals surface area contributed by atoms with E-state index < -0.39 is 6.10 Å². The van der Waals surface area contributed by atoms with Crippen LogP contribution >= 0.6 is 0 Å². The van der Waals surface area contributed by atoms with Crippen LogP contribution in [0.2, 0.25) is 0 Å². The van der Waals surface area contributed by atoms with E-state index in [4.69, 9.17) is 9.47 Å². The molecule has 1 aromatic carbocycles. The molecular weight excluding hydrogens is 260 g/mol. The molecule has 1 saturated heterocycles. The Kier molecular flexibility index (Phi) is 5.34. The molecule has 1 heterocycles. The van der Waals surface area contributed by atoms with Crippen molar-refractivity contribution in [1.29, 1.82) is 0 Å². The molecule has 110 valence electrons. The number of amides is 1. The van der Waals surface area contributed by atoms with Crippen LogP contribution in [0.5, 0.6) is 5.75 Å². The van der Waals surface area contributed by atoms with E-state index in [1.54, 1.807) is 19.2 Å². The fourth-order valence-corrected chi connectivity index (χ4v) is 2.11. The monoisotopic (exact) mass is 280 g/mol. The van der Waals surface area contributed by atoms with Crippen LogP contribution in [0.25, 0.3) is 0 Å². The zero-order valence-corrected chi connectivity index (χ0v) is 11.5. The molecular formula is C14H20N2O4. The fourth-order valence-electron chi connectivity index (χ4n) is 2.11. The van der Waals surface area contributed by atoms with E-state index in [1.807, 2.05) is 12.1 Å². The Bertz CT molecular complexity index is 447. The first-order valence-electron chi connectivity index (χ1n) is 6.62. The van der Waals surface area contributed by atoms with Gasteiger partial charge in [0.25, 0.3) is 0 Å². The number of rotatable bonds is 5. The van der Waals surface area contributed by atoms with Crippen molar-refractivity contribution in [3.8, 4) is 5.75 Å². The molecule has 0 saturated carbocycles. The molecule has 1 aliphatic heterocycles. The summed E-state index contributed by atoms with van der Waals surface area (Å²) in [6.45, 7) is 1.77. The zero-order chi connectivity index (χ0) is 14.4. The number of aliphatic hydroxyl groups is 1. The highest BCUT2D eigenvalue weighted by molar-refractivity contribution is 5.82. The maximum Gasteiger partial charge on any atom is 0.239 e. The van der Waals surface area contributed by atoms with E-state index in [1.165, 1.54) is 0 Å². The van der Waals surface area contributed by atoms with Gasteiger partial charge in [-0.2, -0.15) is 0 Å². The third-order valence-corrected chi connectivity index (χ3v) is 3.21. The third kappa shape index (κ3) is 3.69. The van der Waals surface area contributed by atoms with Crippen molar-refractivity contribution in [2.24, 2.45) is 0 Å². The Morgan fingerprint density at radius 1 is 1.60 bits per heavy atom. The van der Waals surface area contributed by atoms with Gasteiger partial charge in [0.2, 0.25) is 5.91 Å². The minimum Gasteiger partial charge on any atom is -0.496 e. The number of methoxy groups -OCH3 is 1. The Morgan fingerprint density at radius 2 is 2.40 bits per heavy atom. The highest BCUT2D eigenvalue weighted by Crippen LogP contribution is 2.23. The first kappa shape index (κ1) is 14.8. The van der Waals surface area contributed by atoms with Crippen molar-refractivity contribution in [2.75, 3.05) is 33.4 Å². The summed E-state index contributed by atoms with van der Waals surface area (Å²) >= 11 is 0. The number of benzene rings is 1. The average Bonchev–Trinajstić information content (AvgIpc) is 2.53. The van der Waals surface area contributed by atoms with Gasteiger partial charge in [0, 0.05) is 18.7 Å². The van der Waals surface area contributed by atoms with Crippen molar-refractivity contribution >= 4 is 5.91 Å². The Hall–Kier alpha value is -1.63. The topological polar surface area (TPSA) is 79.8 Å². The predicted octanol–water partition coefficient (Wildman–Crippen LogP) is -0.167. The first-order valence-corrected chi connectivity index (χ1v) is 6.62. The molecule has 0 radical (unpaired) electrons. The minimum absolute atomic E-state index is 0.136. The number of para-hydroxylation sites is 1. The van der Waals surface area contributed by atoms with Crippen LogP contribution in [-0.4, -0.2) is 50.5 Å². The highest BCUT2D eigenvalue weighted by atomic mass is 16.5. The summed E-state index contributed by atoms with van der Waals surface area (Å²) in [4.78, 5) is 11.9. The fraction of sp³-hybridized carbons (Fsp3) is 0.500. The maximum atomic E-state index is 11.9. The van der Waals surface area contributed by atoms with Gasteiger partial charge in [-0.1, -0.05) is 18.2 Å². The van der Waals surface area contributed by atoms with Crippen molar-refractivity contribution in [1.82, 2.24) is 10.6 Å². The summed E-state index contributed by atoms with van der Waals surface area (Å²) in [7, 11) is 1.55. The van der Waals surface area contributed by atoms with Crippen LogP contribution in [-0.2, 0) is 9.53 Å². The molecule has 6 nitrogen and oxygen atoms in total. The van der Waals surface area contributed by atoms with E-state index in [9.17, 15) is 9.90 Å². The van der Waals surface area contributed by atoms with Crippen LogP contribution in [0.1, 0.15) is 11.7 Å². The predicted molar refractivity (Wildman–Crippen MR) is 73.6 cm³/mol. The van der Waals surface area contributed by atoms with E-state index in [0.717, 1.165) is 0 Å². The van der Waals surface area contributed by atoms with Crippen LogP contribution in [0.15, 0.2) is 24.3 Å². The quantitative estimate of drug-likeness (QED) is 0.698. The summed E-state index contributed by atoms with van der Waals surface area (Å²) in [5, 5.41) is 15.9. The maximum absolute atomic E-state index is 11.9. The van der Waals surface area contributed by atoms with E-state index >= 15 is 0 Å². The molecule has 3 N–H and O–H groups in total. The standard InChI is InChI=1S/C14H20N2O4/c1-19-13-5-3-2-4-10(13)12(17)8-16-14(18)11-9-20-7-6-15-11/h2-5,11-12,15,17H,6-9H2,1H3,(H,16,18)/t11-,12-/m0/s1. The van der Waals surface area contributed by atoms with Gasteiger partial charge in [0.15, 0.2) is 0 Å². The summed E-state index contributed by atoms with van der Waals surface area (Å²) in [6, 6.07) is 6.85. The molecule has 1 fully saturated rings. The van der Waals surface area contributed by atoms with Crippen LogP contribution in [0.3, 0.4) is 0 Å². The number of nitrogens with one attached hydrogen (secondary N) is 2. The normalized spacial score (nSPS) is 20.2. The summed E-state index contributed by atoms with van der Waals surface area (Å²) in [6.07, 6.45) is -0.806. The first-order chi connectivity index (χ1) is 9.72. The lowest BCUT2D eigenvalue weighted by atomic mass is 10.1. The van der Waals surface area contributed by atoms with Gasteiger partial charge >= 0.3 is 0 Å². The number of hydrogen-bond donors (Lipinski definition) is 3. The van der Waals surface area contributed by atoms with Gasteiger partial charge in [0.1, 0.15) is 11.8 Å². The van der Waals surface area contributed by atoms with Gasteiger partial charge in [-0.15, -0.1) is 0 Å². The van der Waals surface area contributed by atoms with Crippen molar-refractivity contribution in [3.63, 3.8) is 0 Å². The Labute approximate surface area is 118 Å². The van der Waals surface area contributed by atoms with Crippen molar-refractivity contribution < 1.29 is 19.4 Å². The summed E-state index contributed by atoms with van der Waals surface area (Å²) in [5.41, 5.74) is 0.656. The SMILES string of the molecule is COc1ccccc1[C@@H](O)CNC(=O)[C@@H]1COCCN1. The molecule has 2 rings (SSSR count). The van der Waals surface area contributed by atoms with E-state index in [-0.39, 0.29) is 18.5 Å². The minimum atomic E-state index is -0.806. The largest absolute Gasteiger partial charge is 0.496 e. The molecule has 0 unspecified atom stereocenters. The van der Waals surface area contributed by atoms with Gasteiger partial charge in [-0.3, -0.25) is 4.79 Å². The lowest BCUT2D eigenvalue weighted by Gasteiger charge is -2.23. The number of aliphatic hydroxyl groups excluding tert-OH is 1. The second kappa shape index (κ2) is 7.23. The lowest BCUT2D eigenvalue weighted by molar-refractivity contribution is -0.126. The molecule has 1 aromatic rings. The zero-order valence-electron chi connectivity index (χ0n) is 11.5. The second-order valence-electron chi connectivity index (χ2n) is 4.58. The summed E-state index contributed by atoms with van der Waals surface area (Å²) < 4.78 is 10.4. The molecule has 2 atom stereocenters. The number of hydrogen-bond acceptors (Lipinski definition) is 5. The smallest absolute Gasteiger partial charge is 0.239 e. The summed E-state index contributed by atoms with van der Waals surface area (Å²) in [5.74, 6) is 0.437. The third-order valence-electron chi connectivity index (χ3n) is 3.21. The van der Waals surface area contributed by atoms with Gasteiger partial charge in [-0.05, 0) is 6.07 Å². The lowest BCUT2D eigenvalue weighted by Crippen LogP contribution is -2.51. The van der Waals surface area contributed by atoms with Gasteiger partial charge < -0.3 is 25.2 Å². The van der Waals surface area contributed by atoms with Crippen LogP contribution < -0.4 is 15.4 Å². The van der Waals surface area contributed by atoms with Gasteiger partial charge in [-0.25, -0.2) is 0 Å². The molecule has 0 aliphatic carbocycles. The molecule has 20 heavy (non-hydrogen) atoms. The van der Waals surface area contributed by atoms with Crippen LogP contribution in [0, 0.1) is 0 Å². The van der Waals surface area contributed by atoms with Crippen LogP contribution in [0.4, 0.5) is 0 Å². The molecule has 6 heteroatoms. The molecule has 1 aliphatic rings. The van der Waals surface area contributed by atoms with Gasteiger partial charge in [0.05, 0.1) is 26.4 Å². The van der Waals surface area contributed by atoms with Crippen molar-refractivity contribution in [3.05, 3.63) is 29.8 Å². The molecule has 1 amide bonds. The van der Waals surface area contributed by atoms with Crippen molar-refractivity contribution in [2.45, 2.75) is 12.1 Å². The molecule has 0 spiro atoms. The molecule has 0 bridgehead atoms. The highest BCUT2D eigenvalue weighted by Gasteiger charge is 2.22. The molecule has 0 aromatic heterocycles. The Balaban J connectivity index is 1.88. The Morgan fingerprint density at radius 3 is 3.10 bits per heavy atom. The number of carbonyl (C=O) groups excluding carboxylic acids is 1. The van der Waals surface area contributed by atoms with E-state index in [2.05, 4.69) is 10.6 Å². The average molecular weight is 280 g/mol. The second-order valence-corrected chi connectivity index (χ2v) is 4.58. The van der Waals surface area contributed by atoms with E-state index in [0.29, 0.717) is 31.1 Å². The number of morpholine rings is 1. The number of ether oxygens (including phenoxy) is 2.